The van der Waals surface area contributed by atoms with Crippen LogP contribution in [-0.4, -0.2) is 67.2 Å². The second-order valence-corrected chi connectivity index (χ2v) is 7.34. The lowest BCUT2D eigenvalue weighted by Gasteiger charge is -2.20. The molecule has 2 aromatic rings. The molecule has 0 aliphatic heterocycles. The number of methoxy groups -OCH3 is 1. The Bertz CT molecular complexity index is 933. The van der Waals surface area contributed by atoms with Crippen LogP contribution in [0.2, 0.25) is 0 Å². The zero-order valence-electron chi connectivity index (χ0n) is 17.6. The van der Waals surface area contributed by atoms with Crippen LogP contribution in [-0.2, 0) is 19.1 Å². The van der Waals surface area contributed by atoms with Crippen LogP contribution in [0.1, 0.15) is 23.5 Å². The minimum Gasteiger partial charge on any atom is -0.480 e. The summed E-state index contributed by atoms with van der Waals surface area (Å²) in [6.07, 6.45) is -1.97. The highest BCUT2D eigenvalue weighted by atomic mass is 16.5. The molecule has 0 aromatic heterocycles. The number of aliphatic carboxylic acids is 1. The summed E-state index contributed by atoms with van der Waals surface area (Å²) in [4.78, 5) is 35.6. The number of carbonyl (C=O) groups excluding carboxylic acids is 2. The van der Waals surface area contributed by atoms with Crippen LogP contribution >= 0.6 is 0 Å². The molecule has 3 rings (SSSR count). The van der Waals surface area contributed by atoms with Crippen molar-refractivity contribution in [3.8, 4) is 11.1 Å². The number of carboxylic acids is 1. The number of carbonyl (C=O) groups is 3. The largest absolute Gasteiger partial charge is 0.480 e. The summed E-state index contributed by atoms with van der Waals surface area (Å²) in [5.74, 6) is -2.08. The van der Waals surface area contributed by atoms with Crippen LogP contribution < -0.4 is 10.6 Å². The van der Waals surface area contributed by atoms with Crippen molar-refractivity contribution in [2.45, 2.75) is 24.5 Å². The highest BCUT2D eigenvalue weighted by molar-refractivity contribution is 5.87. The predicted octanol–water partition coefficient (Wildman–Crippen LogP) is 1.49. The fourth-order valence-electron chi connectivity index (χ4n) is 3.76. The van der Waals surface area contributed by atoms with Gasteiger partial charge in [0.25, 0.3) is 5.91 Å². The highest BCUT2D eigenvalue weighted by Gasteiger charge is 2.29. The molecule has 0 bridgehead atoms. The number of benzene rings is 2. The molecule has 0 fully saturated rings. The molecule has 32 heavy (non-hydrogen) atoms. The van der Waals surface area contributed by atoms with Gasteiger partial charge in [-0.3, -0.25) is 4.79 Å². The molecule has 2 amide bonds. The fraction of sp³-hybridized carbons (Fsp3) is 0.348. The number of aliphatic hydroxyl groups excluding tert-OH is 1. The normalized spacial score (nSPS) is 14.1. The van der Waals surface area contributed by atoms with Crippen molar-refractivity contribution in [3.05, 3.63) is 59.7 Å². The van der Waals surface area contributed by atoms with E-state index in [1.807, 2.05) is 48.5 Å². The van der Waals surface area contributed by atoms with E-state index >= 15 is 0 Å². The molecule has 9 heteroatoms. The van der Waals surface area contributed by atoms with Gasteiger partial charge in [-0.15, -0.1) is 0 Å². The van der Waals surface area contributed by atoms with Crippen molar-refractivity contribution in [3.63, 3.8) is 0 Å². The van der Waals surface area contributed by atoms with Gasteiger partial charge in [0.2, 0.25) is 0 Å². The van der Waals surface area contributed by atoms with E-state index in [1.54, 1.807) is 0 Å². The van der Waals surface area contributed by atoms with Crippen molar-refractivity contribution in [2.75, 3.05) is 26.9 Å². The summed E-state index contributed by atoms with van der Waals surface area (Å²) in [6, 6.07) is 14.7. The maximum absolute atomic E-state index is 12.3. The maximum Gasteiger partial charge on any atom is 0.407 e. The van der Waals surface area contributed by atoms with Gasteiger partial charge in [0, 0.05) is 26.1 Å². The third kappa shape index (κ3) is 5.24. The van der Waals surface area contributed by atoms with Gasteiger partial charge in [0.05, 0.1) is 6.54 Å². The summed E-state index contributed by atoms with van der Waals surface area (Å²) < 4.78 is 10.5. The number of fused-ring (bicyclic) bond motifs is 3. The Kier molecular flexibility index (Phi) is 7.80. The molecular formula is C23H26N2O7. The lowest BCUT2D eigenvalue weighted by atomic mass is 9.98. The molecule has 170 valence electrons. The van der Waals surface area contributed by atoms with Crippen molar-refractivity contribution >= 4 is 18.0 Å². The molecule has 1 aliphatic carbocycles. The number of hydrogen-bond donors (Lipinski definition) is 4. The van der Waals surface area contributed by atoms with Crippen LogP contribution in [0, 0.1) is 0 Å². The molecule has 2 aromatic carbocycles. The van der Waals surface area contributed by atoms with E-state index in [4.69, 9.17) is 19.7 Å². The second-order valence-electron chi connectivity index (χ2n) is 7.34. The Balaban J connectivity index is 1.55. The molecule has 2 atom stereocenters. The van der Waals surface area contributed by atoms with Crippen molar-refractivity contribution in [2.24, 2.45) is 0 Å². The highest BCUT2D eigenvalue weighted by Crippen LogP contribution is 2.44. The van der Waals surface area contributed by atoms with Gasteiger partial charge >= 0.3 is 12.1 Å². The average molecular weight is 442 g/mol. The van der Waals surface area contributed by atoms with E-state index in [9.17, 15) is 14.4 Å². The number of nitrogens with one attached hydrogen (secondary N) is 2. The first kappa shape index (κ1) is 23.2. The van der Waals surface area contributed by atoms with E-state index in [1.165, 1.54) is 7.11 Å². The summed E-state index contributed by atoms with van der Waals surface area (Å²) in [5.41, 5.74) is 4.40. The number of aliphatic hydroxyl groups is 1. The number of rotatable bonds is 10. The number of amides is 2. The smallest absolute Gasteiger partial charge is 0.407 e. The molecule has 0 heterocycles. The second kappa shape index (κ2) is 10.7. The standard InChI is InChI=1S/C23H26N2O7/c1-31-20(21(27)25-19(10-11-26)22(28)29)12-24-23(30)32-13-18-16-8-4-2-6-14(16)15-7-3-5-9-17(15)18/h2-9,18-20,26H,10-13H2,1H3,(H,24,30)(H,25,27)(H,28,29)/t19-,20?/m0/s1. The van der Waals surface area contributed by atoms with Gasteiger partial charge in [-0.05, 0) is 22.3 Å². The lowest BCUT2D eigenvalue weighted by molar-refractivity contribution is -0.144. The van der Waals surface area contributed by atoms with Crippen LogP contribution in [0.25, 0.3) is 11.1 Å². The minimum atomic E-state index is -1.27. The minimum absolute atomic E-state index is 0.0931. The Labute approximate surface area is 185 Å². The quantitative estimate of drug-likeness (QED) is 0.438. The van der Waals surface area contributed by atoms with Crippen LogP contribution in [0.5, 0.6) is 0 Å². The van der Waals surface area contributed by atoms with Gasteiger partial charge in [-0.1, -0.05) is 48.5 Å². The lowest BCUT2D eigenvalue weighted by Crippen LogP contribution is -2.49. The molecule has 9 nitrogen and oxygen atoms in total. The first-order valence-corrected chi connectivity index (χ1v) is 10.2. The van der Waals surface area contributed by atoms with Crippen molar-refractivity contribution in [1.82, 2.24) is 10.6 Å². The van der Waals surface area contributed by atoms with E-state index < -0.39 is 36.7 Å². The molecule has 1 aliphatic rings. The average Bonchev–Trinajstić information content (AvgIpc) is 3.11. The SMILES string of the molecule is COC(CNC(=O)OCC1c2ccccc2-c2ccccc21)C(=O)N[C@@H](CCO)C(=O)O. The summed E-state index contributed by atoms with van der Waals surface area (Å²) in [7, 11) is 1.27. The Morgan fingerprint density at radius 2 is 1.62 bits per heavy atom. The molecular weight excluding hydrogens is 416 g/mol. The monoisotopic (exact) mass is 442 g/mol. The topological polar surface area (TPSA) is 134 Å². The zero-order valence-corrected chi connectivity index (χ0v) is 17.6. The van der Waals surface area contributed by atoms with E-state index in [2.05, 4.69) is 10.6 Å². The van der Waals surface area contributed by atoms with Gasteiger partial charge in [0.1, 0.15) is 12.6 Å². The molecule has 0 spiro atoms. The molecule has 1 unspecified atom stereocenters. The van der Waals surface area contributed by atoms with Crippen LogP contribution in [0.3, 0.4) is 0 Å². The number of carboxylic acid groups (broad SMARTS) is 1. The third-order valence-corrected chi connectivity index (χ3v) is 5.38. The number of ether oxygens (including phenoxy) is 2. The fourth-order valence-corrected chi connectivity index (χ4v) is 3.76. The van der Waals surface area contributed by atoms with Gasteiger partial charge < -0.3 is 30.3 Å². The summed E-state index contributed by atoms with van der Waals surface area (Å²) in [6.45, 7) is -0.474. The zero-order chi connectivity index (χ0) is 23.1. The van der Waals surface area contributed by atoms with Gasteiger partial charge in [0.15, 0.2) is 6.10 Å². The molecule has 4 N–H and O–H groups in total. The molecule has 0 radical (unpaired) electrons. The van der Waals surface area contributed by atoms with Crippen LogP contribution in [0.15, 0.2) is 48.5 Å². The first-order valence-electron chi connectivity index (χ1n) is 10.2. The van der Waals surface area contributed by atoms with Crippen molar-refractivity contribution in [1.29, 1.82) is 0 Å². The Morgan fingerprint density at radius 3 is 2.16 bits per heavy atom. The first-order chi connectivity index (χ1) is 15.5. The Hall–Kier alpha value is -3.43. The van der Waals surface area contributed by atoms with Crippen molar-refractivity contribution < 1.29 is 34.1 Å². The Morgan fingerprint density at radius 1 is 1.03 bits per heavy atom. The molecule has 0 saturated carbocycles. The number of hydrogen-bond acceptors (Lipinski definition) is 6. The third-order valence-electron chi connectivity index (χ3n) is 5.38. The molecule has 0 saturated heterocycles. The maximum atomic E-state index is 12.3. The summed E-state index contributed by atoms with van der Waals surface area (Å²) >= 11 is 0. The van der Waals surface area contributed by atoms with Gasteiger partial charge in [-0.2, -0.15) is 0 Å². The van der Waals surface area contributed by atoms with Gasteiger partial charge in [-0.25, -0.2) is 9.59 Å². The predicted molar refractivity (Wildman–Crippen MR) is 115 cm³/mol. The van der Waals surface area contributed by atoms with E-state index in [-0.39, 0.29) is 25.5 Å². The van der Waals surface area contributed by atoms with E-state index in [0.717, 1.165) is 22.3 Å². The number of alkyl carbamates (subject to hydrolysis) is 1. The summed E-state index contributed by atoms with van der Waals surface area (Å²) in [5, 5.41) is 22.8. The van der Waals surface area contributed by atoms with Crippen LogP contribution in [0.4, 0.5) is 4.79 Å². The van der Waals surface area contributed by atoms with E-state index in [0.29, 0.717) is 0 Å².